The summed E-state index contributed by atoms with van der Waals surface area (Å²) in [6, 6.07) is 6.98. The second-order valence-corrected chi connectivity index (χ2v) is 6.49. The number of sulfonamides is 1. The molecule has 5 nitrogen and oxygen atoms in total. The SMILES string of the molecule is CNc1ccccc1S(=O)(=O)N1CCC(OC)CC1. The van der Waals surface area contributed by atoms with Crippen molar-refractivity contribution in [3.8, 4) is 0 Å². The average molecular weight is 284 g/mol. The van der Waals surface area contributed by atoms with Gasteiger partial charge in [0.05, 0.1) is 11.8 Å². The van der Waals surface area contributed by atoms with E-state index in [0.29, 0.717) is 23.7 Å². The quantitative estimate of drug-likeness (QED) is 0.911. The molecule has 0 spiro atoms. The summed E-state index contributed by atoms with van der Waals surface area (Å²) in [4.78, 5) is 0.341. The first-order chi connectivity index (χ1) is 9.09. The van der Waals surface area contributed by atoms with E-state index in [-0.39, 0.29) is 6.10 Å². The van der Waals surface area contributed by atoms with E-state index in [1.807, 2.05) is 6.07 Å². The number of rotatable bonds is 4. The highest BCUT2D eigenvalue weighted by molar-refractivity contribution is 7.89. The molecule has 0 bridgehead atoms. The van der Waals surface area contributed by atoms with Crippen LogP contribution in [0.3, 0.4) is 0 Å². The van der Waals surface area contributed by atoms with E-state index in [4.69, 9.17) is 4.74 Å². The van der Waals surface area contributed by atoms with Crippen LogP contribution in [0.25, 0.3) is 0 Å². The van der Waals surface area contributed by atoms with Crippen LogP contribution in [0.2, 0.25) is 0 Å². The van der Waals surface area contributed by atoms with Crippen molar-refractivity contribution in [3.05, 3.63) is 24.3 Å². The zero-order valence-corrected chi connectivity index (χ0v) is 12.1. The summed E-state index contributed by atoms with van der Waals surface area (Å²) in [5.41, 5.74) is 0.636. The number of nitrogens with one attached hydrogen (secondary N) is 1. The molecule has 0 unspecified atom stereocenters. The summed E-state index contributed by atoms with van der Waals surface area (Å²) in [7, 11) is -0.0217. The molecule has 1 aliphatic rings. The Bertz CT molecular complexity index is 522. The molecule has 19 heavy (non-hydrogen) atoms. The van der Waals surface area contributed by atoms with Crippen LogP contribution in [0.1, 0.15) is 12.8 Å². The number of hydrogen-bond acceptors (Lipinski definition) is 4. The van der Waals surface area contributed by atoms with Crippen molar-refractivity contribution in [1.82, 2.24) is 4.31 Å². The molecule has 6 heteroatoms. The number of para-hydroxylation sites is 1. The maximum Gasteiger partial charge on any atom is 0.245 e. The first kappa shape index (κ1) is 14.3. The number of hydrogen-bond donors (Lipinski definition) is 1. The first-order valence-corrected chi connectivity index (χ1v) is 7.83. The minimum absolute atomic E-state index is 0.172. The highest BCUT2D eigenvalue weighted by Crippen LogP contribution is 2.26. The molecule has 1 saturated heterocycles. The van der Waals surface area contributed by atoms with Crippen molar-refractivity contribution in [2.45, 2.75) is 23.8 Å². The molecule has 1 fully saturated rings. The summed E-state index contributed by atoms with van der Waals surface area (Å²) in [6.07, 6.45) is 1.67. The zero-order valence-electron chi connectivity index (χ0n) is 11.3. The van der Waals surface area contributed by atoms with Gasteiger partial charge in [-0.1, -0.05) is 12.1 Å². The van der Waals surface area contributed by atoms with Crippen LogP contribution in [-0.2, 0) is 14.8 Å². The molecule has 1 N–H and O–H groups in total. The third-order valence-corrected chi connectivity index (χ3v) is 5.47. The lowest BCUT2D eigenvalue weighted by molar-refractivity contribution is 0.0604. The predicted octanol–water partition coefficient (Wildman–Crippen LogP) is 1.53. The van der Waals surface area contributed by atoms with Crippen LogP contribution >= 0.6 is 0 Å². The van der Waals surface area contributed by atoms with Gasteiger partial charge in [0.25, 0.3) is 0 Å². The molecule has 1 aromatic rings. The fourth-order valence-electron chi connectivity index (χ4n) is 2.35. The average Bonchev–Trinajstić information content (AvgIpc) is 2.47. The standard InChI is InChI=1S/C13H20N2O3S/c1-14-12-5-3-4-6-13(12)19(16,17)15-9-7-11(18-2)8-10-15/h3-6,11,14H,7-10H2,1-2H3. The molecule has 0 aliphatic carbocycles. The number of piperidine rings is 1. The Balaban J connectivity index is 2.23. The third kappa shape index (κ3) is 2.91. The normalized spacial score (nSPS) is 18.4. The molecule has 1 heterocycles. The number of anilines is 1. The van der Waals surface area contributed by atoms with Crippen molar-refractivity contribution >= 4 is 15.7 Å². The highest BCUT2D eigenvalue weighted by atomic mass is 32.2. The summed E-state index contributed by atoms with van der Waals surface area (Å²) >= 11 is 0. The van der Waals surface area contributed by atoms with Crippen molar-refractivity contribution in [2.24, 2.45) is 0 Å². The summed E-state index contributed by atoms with van der Waals surface area (Å²) in [5, 5.41) is 2.93. The largest absolute Gasteiger partial charge is 0.387 e. The number of nitrogens with zero attached hydrogens (tertiary/aromatic N) is 1. The van der Waals surface area contributed by atoms with Crippen LogP contribution in [0.5, 0.6) is 0 Å². The monoisotopic (exact) mass is 284 g/mol. The van der Waals surface area contributed by atoms with Crippen molar-refractivity contribution in [2.75, 3.05) is 32.6 Å². The molecule has 0 amide bonds. The summed E-state index contributed by atoms with van der Waals surface area (Å²) in [5.74, 6) is 0. The second-order valence-electron chi connectivity index (χ2n) is 4.59. The minimum atomic E-state index is -3.42. The van der Waals surface area contributed by atoms with Gasteiger partial charge in [0, 0.05) is 27.2 Å². The second kappa shape index (κ2) is 5.90. The van der Waals surface area contributed by atoms with E-state index in [2.05, 4.69) is 5.32 Å². The van der Waals surface area contributed by atoms with Crippen LogP contribution in [0.15, 0.2) is 29.2 Å². The lowest BCUT2D eigenvalue weighted by atomic mass is 10.1. The highest BCUT2D eigenvalue weighted by Gasteiger charge is 2.30. The Kier molecular flexibility index (Phi) is 4.44. The van der Waals surface area contributed by atoms with E-state index in [9.17, 15) is 8.42 Å². The lowest BCUT2D eigenvalue weighted by Gasteiger charge is -2.30. The predicted molar refractivity (Wildman–Crippen MR) is 74.8 cm³/mol. The summed E-state index contributed by atoms with van der Waals surface area (Å²) in [6.45, 7) is 1.03. The Hall–Kier alpha value is -1.11. The number of ether oxygens (including phenoxy) is 1. The molecular weight excluding hydrogens is 264 g/mol. The molecule has 106 valence electrons. The van der Waals surface area contributed by atoms with Gasteiger partial charge in [-0.3, -0.25) is 0 Å². The van der Waals surface area contributed by atoms with Gasteiger partial charge in [-0.15, -0.1) is 0 Å². The van der Waals surface area contributed by atoms with Gasteiger partial charge in [-0.2, -0.15) is 4.31 Å². The zero-order chi connectivity index (χ0) is 13.9. The molecule has 1 aromatic carbocycles. The van der Waals surface area contributed by atoms with Gasteiger partial charge in [0.2, 0.25) is 10.0 Å². The molecule has 1 aliphatic heterocycles. The molecule has 0 aromatic heterocycles. The van der Waals surface area contributed by atoms with Gasteiger partial charge in [0.15, 0.2) is 0 Å². The molecule has 0 radical (unpaired) electrons. The number of benzene rings is 1. The smallest absolute Gasteiger partial charge is 0.245 e. The van der Waals surface area contributed by atoms with Crippen LogP contribution in [0, 0.1) is 0 Å². The first-order valence-electron chi connectivity index (χ1n) is 6.39. The van der Waals surface area contributed by atoms with E-state index >= 15 is 0 Å². The Morgan fingerprint density at radius 3 is 2.47 bits per heavy atom. The van der Waals surface area contributed by atoms with Crippen molar-refractivity contribution in [1.29, 1.82) is 0 Å². The van der Waals surface area contributed by atoms with Crippen molar-refractivity contribution in [3.63, 3.8) is 0 Å². The van der Waals surface area contributed by atoms with E-state index < -0.39 is 10.0 Å². The lowest BCUT2D eigenvalue weighted by Crippen LogP contribution is -2.40. The molecular formula is C13H20N2O3S. The van der Waals surface area contributed by atoms with Gasteiger partial charge < -0.3 is 10.1 Å². The van der Waals surface area contributed by atoms with E-state index in [1.165, 1.54) is 0 Å². The van der Waals surface area contributed by atoms with Gasteiger partial charge in [-0.05, 0) is 25.0 Å². The fraction of sp³-hybridized carbons (Fsp3) is 0.538. The van der Waals surface area contributed by atoms with Gasteiger partial charge >= 0.3 is 0 Å². The Morgan fingerprint density at radius 1 is 1.26 bits per heavy atom. The molecule has 2 rings (SSSR count). The maximum absolute atomic E-state index is 12.6. The fourth-order valence-corrected chi connectivity index (χ4v) is 4.01. The van der Waals surface area contributed by atoms with Crippen LogP contribution in [-0.4, -0.2) is 46.1 Å². The van der Waals surface area contributed by atoms with Crippen LogP contribution in [0.4, 0.5) is 5.69 Å². The Morgan fingerprint density at radius 2 is 1.89 bits per heavy atom. The molecule has 0 saturated carbocycles. The summed E-state index contributed by atoms with van der Waals surface area (Å²) < 4.78 is 32.0. The van der Waals surface area contributed by atoms with Crippen LogP contribution < -0.4 is 5.32 Å². The van der Waals surface area contributed by atoms with Gasteiger partial charge in [-0.25, -0.2) is 8.42 Å². The topological polar surface area (TPSA) is 58.6 Å². The maximum atomic E-state index is 12.6. The van der Waals surface area contributed by atoms with Crippen molar-refractivity contribution < 1.29 is 13.2 Å². The molecule has 0 atom stereocenters. The van der Waals surface area contributed by atoms with E-state index in [0.717, 1.165) is 12.8 Å². The van der Waals surface area contributed by atoms with E-state index in [1.54, 1.807) is 36.7 Å². The Labute approximate surface area is 114 Å². The third-order valence-electron chi connectivity index (χ3n) is 3.51. The number of methoxy groups -OCH3 is 1. The van der Waals surface area contributed by atoms with Gasteiger partial charge in [0.1, 0.15) is 4.90 Å². The minimum Gasteiger partial charge on any atom is -0.387 e.